The summed E-state index contributed by atoms with van der Waals surface area (Å²) in [6, 6.07) is 20.4. The number of nitrogens with one attached hydrogen (secondary N) is 3. The Labute approximate surface area is 381 Å². The molecule has 4 heterocycles. The van der Waals surface area contributed by atoms with Crippen molar-refractivity contribution in [2.45, 2.75) is 63.7 Å². The molecule has 16 nitrogen and oxygen atoms in total. The minimum absolute atomic E-state index is 0.0426. The number of rotatable bonds is 19. The Kier molecular flexibility index (Phi) is 15.6. The van der Waals surface area contributed by atoms with Crippen molar-refractivity contribution in [3.05, 3.63) is 96.3 Å². The van der Waals surface area contributed by atoms with E-state index in [1.807, 2.05) is 104 Å². The number of alkyl carbamates (subject to hydrolysis) is 1. The van der Waals surface area contributed by atoms with Crippen molar-refractivity contribution in [2.24, 2.45) is 5.92 Å². The number of ether oxygens (including phenoxy) is 5. The van der Waals surface area contributed by atoms with Crippen molar-refractivity contribution in [1.82, 2.24) is 40.0 Å². The molecule has 3 N–H and O–H groups in total. The molecule has 0 saturated carbocycles. The van der Waals surface area contributed by atoms with Gasteiger partial charge in [-0.05, 0) is 74.5 Å². The van der Waals surface area contributed by atoms with Gasteiger partial charge in [-0.15, -0.1) is 0 Å². The second-order valence-electron chi connectivity index (χ2n) is 17.0. The smallest absolute Gasteiger partial charge is 0.407 e. The van der Waals surface area contributed by atoms with Crippen molar-refractivity contribution in [1.29, 1.82) is 0 Å². The van der Waals surface area contributed by atoms with Crippen molar-refractivity contribution in [2.75, 3.05) is 74.9 Å². The van der Waals surface area contributed by atoms with Gasteiger partial charge in [0, 0.05) is 38.4 Å². The van der Waals surface area contributed by atoms with Crippen LogP contribution < -0.4 is 14.8 Å². The molecular formula is C49H62N8O8. The van der Waals surface area contributed by atoms with Crippen LogP contribution in [-0.2, 0) is 23.8 Å². The van der Waals surface area contributed by atoms with Gasteiger partial charge in [-0.1, -0.05) is 68.4 Å². The van der Waals surface area contributed by atoms with E-state index in [-0.39, 0.29) is 43.0 Å². The molecule has 0 spiro atoms. The molecule has 4 unspecified atom stereocenters. The third-order valence-electron chi connectivity index (χ3n) is 12.1. The summed E-state index contributed by atoms with van der Waals surface area (Å²) in [4.78, 5) is 62.3. The number of carbonyl (C=O) groups excluding carboxylic acids is 3. The molecule has 7 rings (SSSR count). The van der Waals surface area contributed by atoms with E-state index in [2.05, 4.69) is 15.3 Å². The average molecular weight is 891 g/mol. The van der Waals surface area contributed by atoms with E-state index in [1.165, 1.54) is 7.11 Å². The first kappa shape index (κ1) is 46.8. The molecule has 3 aromatic carbocycles. The molecule has 2 aliphatic rings. The maximum atomic E-state index is 14.2. The van der Waals surface area contributed by atoms with E-state index in [4.69, 9.17) is 33.7 Å². The molecular weight excluding hydrogens is 829 g/mol. The molecule has 0 radical (unpaired) electrons. The first-order valence-corrected chi connectivity index (χ1v) is 22.3. The van der Waals surface area contributed by atoms with Gasteiger partial charge in [0.15, 0.2) is 11.5 Å². The monoisotopic (exact) mass is 890 g/mol. The fourth-order valence-electron chi connectivity index (χ4n) is 8.83. The van der Waals surface area contributed by atoms with E-state index in [1.54, 1.807) is 31.5 Å². The van der Waals surface area contributed by atoms with Crippen LogP contribution in [0, 0.1) is 5.92 Å². The van der Waals surface area contributed by atoms with Gasteiger partial charge >= 0.3 is 6.09 Å². The van der Waals surface area contributed by atoms with E-state index in [0.717, 1.165) is 64.9 Å². The lowest BCUT2D eigenvalue weighted by molar-refractivity contribution is -0.137. The fraction of sp³-hybridized carbons (Fsp3) is 0.449. The molecule has 2 fully saturated rings. The Balaban J connectivity index is 1.16. The number of aromatic amines is 2. The molecule has 2 saturated heterocycles. The molecule has 3 amide bonds. The highest BCUT2D eigenvalue weighted by atomic mass is 16.6. The number of methoxy groups -OCH3 is 3. The second-order valence-corrected chi connectivity index (χ2v) is 17.0. The largest absolute Gasteiger partial charge is 0.487 e. The zero-order chi connectivity index (χ0) is 46.0. The summed E-state index contributed by atoms with van der Waals surface area (Å²) in [5.41, 5.74) is 5.87. The number of likely N-dealkylation sites (tertiary alicyclic amines) is 2. The number of hydrogen-bond acceptors (Lipinski definition) is 11. The SMILES string of the molecule is COCCOc1c(-c2ccc(-c3cnc(C4CCCN4C(=O)C(NC(=O)OC)C(C)C)[nH]3)cc2)ccc(-c2cnc(C3CCCN3C(=O)C(c3ccccc3)N(C)C)[nH]2)c1OCCOC. The topological polar surface area (TPSA) is 176 Å². The van der Waals surface area contributed by atoms with E-state index in [9.17, 15) is 14.4 Å². The maximum absolute atomic E-state index is 14.2. The van der Waals surface area contributed by atoms with Gasteiger partial charge in [-0.2, -0.15) is 0 Å². The van der Waals surface area contributed by atoms with Gasteiger partial charge in [-0.3, -0.25) is 14.5 Å². The van der Waals surface area contributed by atoms with Crippen LogP contribution in [0.3, 0.4) is 0 Å². The molecule has 346 valence electrons. The molecule has 2 aliphatic heterocycles. The number of amides is 3. The number of imidazole rings is 2. The van der Waals surface area contributed by atoms with E-state index >= 15 is 0 Å². The first-order valence-electron chi connectivity index (χ1n) is 22.3. The summed E-state index contributed by atoms with van der Waals surface area (Å²) in [5, 5.41) is 2.71. The summed E-state index contributed by atoms with van der Waals surface area (Å²) in [6.07, 6.45) is 6.18. The number of likely N-dealkylation sites (N-methyl/N-ethyl adjacent to an activating group) is 1. The van der Waals surface area contributed by atoms with Crippen molar-refractivity contribution >= 4 is 17.9 Å². The number of carbonyl (C=O) groups is 3. The number of hydrogen-bond donors (Lipinski definition) is 3. The van der Waals surface area contributed by atoms with Crippen LogP contribution in [0.4, 0.5) is 4.79 Å². The minimum atomic E-state index is -0.716. The van der Waals surface area contributed by atoms with E-state index in [0.29, 0.717) is 49.5 Å². The van der Waals surface area contributed by atoms with Crippen LogP contribution in [0.1, 0.15) is 74.9 Å². The third-order valence-corrected chi connectivity index (χ3v) is 12.1. The number of benzene rings is 3. The summed E-state index contributed by atoms with van der Waals surface area (Å²) in [6.45, 7) is 6.29. The number of H-pyrrole nitrogens is 2. The Morgan fingerprint density at radius 3 is 1.82 bits per heavy atom. The molecule has 65 heavy (non-hydrogen) atoms. The zero-order valence-electron chi connectivity index (χ0n) is 38.5. The van der Waals surface area contributed by atoms with Gasteiger partial charge < -0.3 is 48.8 Å². The lowest BCUT2D eigenvalue weighted by Gasteiger charge is -2.31. The van der Waals surface area contributed by atoms with Gasteiger partial charge in [0.05, 0.1) is 56.2 Å². The Bertz CT molecular complexity index is 2360. The van der Waals surface area contributed by atoms with Crippen LogP contribution in [0.2, 0.25) is 0 Å². The first-order chi connectivity index (χ1) is 31.5. The molecule has 5 aromatic rings. The predicted octanol–water partition coefficient (Wildman–Crippen LogP) is 7.19. The predicted molar refractivity (Wildman–Crippen MR) is 246 cm³/mol. The van der Waals surface area contributed by atoms with Crippen LogP contribution in [0.25, 0.3) is 33.6 Å². The standard InChI is InChI=1S/C49H62N8O8/c1-31(2)41(54-49(60)63-7)47(58)56-23-11-15-39(56)45-50-29-37(52-45)33-19-17-32(18-20-33)35-21-22-36(44(65-28-26-62-6)43(35)64-27-25-61-5)38-30-51-46(53-38)40-16-12-24-57(40)48(59)42(55(3)4)34-13-9-8-10-14-34/h8-10,13-14,17-22,29-31,39-42H,11-12,15-16,23-28H2,1-7H3,(H,50,52)(H,51,53)(H,54,60). The normalized spacial score (nSPS) is 17.1. The van der Waals surface area contributed by atoms with Gasteiger partial charge in [0.1, 0.15) is 36.9 Å². The molecule has 0 bridgehead atoms. The minimum Gasteiger partial charge on any atom is -0.487 e. The summed E-state index contributed by atoms with van der Waals surface area (Å²) in [7, 11) is 8.42. The molecule has 4 atom stereocenters. The number of aromatic nitrogens is 4. The highest BCUT2D eigenvalue weighted by Crippen LogP contribution is 2.46. The summed E-state index contributed by atoms with van der Waals surface area (Å²) in [5.74, 6) is 2.23. The summed E-state index contributed by atoms with van der Waals surface area (Å²) >= 11 is 0. The fourth-order valence-corrected chi connectivity index (χ4v) is 8.83. The Morgan fingerprint density at radius 1 is 0.708 bits per heavy atom. The third kappa shape index (κ3) is 10.5. The van der Waals surface area contributed by atoms with Crippen LogP contribution >= 0.6 is 0 Å². The zero-order valence-corrected chi connectivity index (χ0v) is 38.5. The quantitative estimate of drug-likeness (QED) is 0.0716. The molecule has 16 heteroatoms. The Morgan fingerprint density at radius 2 is 1.25 bits per heavy atom. The Hall–Kier alpha value is -6.23. The summed E-state index contributed by atoms with van der Waals surface area (Å²) < 4.78 is 28.6. The lowest BCUT2D eigenvalue weighted by atomic mass is 9.98. The number of nitrogens with zero attached hydrogens (tertiary/aromatic N) is 5. The van der Waals surface area contributed by atoms with Crippen LogP contribution in [0.5, 0.6) is 11.5 Å². The van der Waals surface area contributed by atoms with Crippen molar-refractivity contribution in [3.8, 4) is 45.1 Å². The van der Waals surface area contributed by atoms with Gasteiger partial charge in [-0.25, -0.2) is 14.8 Å². The molecule has 2 aromatic heterocycles. The van der Waals surface area contributed by atoms with Crippen molar-refractivity contribution in [3.63, 3.8) is 0 Å². The average Bonchev–Trinajstić information content (AvgIpc) is 4.16. The van der Waals surface area contributed by atoms with Crippen LogP contribution in [0.15, 0.2) is 79.1 Å². The highest BCUT2D eigenvalue weighted by Gasteiger charge is 2.39. The maximum Gasteiger partial charge on any atom is 0.407 e. The van der Waals surface area contributed by atoms with Gasteiger partial charge in [0.25, 0.3) is 0 Å². The highest BCUT2D eigenvalue weighted by molar-refractivity contribution is 5.87. The van der Waals surface area contributed by atoms with Gasteiger partial charge in [0.2, 0.25) is 11.8 Å². The second kappa shape index (κ2) is 21.6. The van der Waals surface area contributed by atoms with E-state index < -0.39 is 18.2 Å². The lowest BCUT2D eigenvalue weighted by Crippen LogP contribution is -2.51. The van der Waals surface area contributed by atoms with Crippen molar-refractivity contribution < 1.29 is 38.1 Å². The molecule has 0 aliphatic carbocycles. The van der Waals surface area contributed by atoms with Crippen LogP contribution in [-0.4, -0.2) is 134 Å².